The summed E-state index contributed by atoms with van der Waals surface area (Å²) in [6, 6.07) is 5.88. The van der Waals surface area contributed by atoms with Crippen LogP contribution in [-0.4, -0.2) is 23.2 Å². The molecule has 4 N–H and O–H groups in total. The van der Waals surface area contributed by atoms with Crippen LogP contribution < -0.4 is 11.1 Å². The van der Waals surface area contributed by atoms with Gasteiger partial charge in [0.15, 0.2) is 0 Å². The fourth-order valence-corrected chi connectivity index (χ4v) is 2.58. The molecule has 0 saturated heterocycles. The number of aliphatic hydroxyl groups is 1. The highest BCUT2D eigenvalue weighted by molar-refractivity contribution is 6.00. The molecule has 1 heterocycles. The Morgan fingerprint density at radius 2 is 2.11 bits per heavy atom. The number of fused-ring (bicyclic) bond motifs is 1. The van der Waals surface area contributed by atoms with Crippen LogP contribution in [-0.2, 0) is 0 Å². The van der Waals surface area contributed by atoms with Gasteiger partial charge in [-0.15, -0.1) is 0 Å². The molecule has 1 fully saturated rings. The molecule has 0 radical (unpaired) electrons. The monoisotopic (exact) mass is 257 g/mol. The molecule has 0 unspecified atom stereocenters. The maximum absolute atomic E-state index is 9.09. The van der Waals surface area contributed by atoms with Gasteiger partial charge in [-0.25, -0.2) is 0 Å². The highest BCUT2D eigenvalue weighted by atomic mass is 16.3. The lowest BCUT2D eigenvalue weighted by molar-refractivity contribution is 0.253. The van der Waals surface area contributed by atoms with Crippen molar-refractivity contribution in [1.82, 2.24) is 4.98 Å². The number of aliphatic hydroxyl groups excluding tert-OH is 1. The standard InChI is InChI=1S/C15H19N3O/c16-13-1-2-14(12-9-17-7-3-11(12)13)18-10-15(4-5-15)6-8-19/h1-3,7,9,18-19H,4-6,8,10,16H2. The van der Waals surface area contributed by atoms with Crippen LogP contribution >= 0.6 is 0 Å². The Balaban J connectivity index is 1.84. The van der Waals surface area contributed by atoms with E-state index in [4.69, 9.17) is 10.8 Å². The van der Waals surface area contributed by atoms with Crippen LogP contribution in [0.5, 0.6) is 0 Å². The van der Waals surface area contributed by atoms with Crippen molar-refractivity contribution < 1.29 is 5.11 Å². The molecule has 1 saturated carbocycles. The highest BCUT2D eigenvalue weighted by Crippen LogP contribution is 2.48. The number of nitrogen functional groups attached to an aromatic ring is 1. The van der Waals surface area contributed by atoms with Gasteiger partial charge in [0.2, 0.25) is 0 Å². The van der Waals surface area contributed by atoms with Gasteiger partial charge in [0.1, 0.15) is 0 Å². The number of nitrogens with one attached hydrogen (secondary N) is 1. The van der Waals surface area contributed by atoms with Crippen LogP contribution in [0.2, 0.25) is 0 Å². The van der Waals surface area contributed by atoms with E-state index in [1.54, 1.807) is 6.20 Å². The molecule has 1 aromatic carbocycles. The Labute approximate surface area is 112 Å². The van der Waals surface area contributed by atoms with Crippen LogP contribution in [0.3, 0.4) is 0 Å². The first-order chi connectivity index (χ1) is 9.24. The number of rotatable bonds is 5. The summed E-state index contributed by atoms with van der Waals surface area (Å²) in [5, 5.41) is 14.7. The number of pyridine rings is 1. The number of hydrogen-bond acceptors (Lipinski definition) is 4. The third-order valence-corrected chi connectivity index (χ3v) is 4.10. The summed E-state index contributed by atoms with van der Waals surface area (Å²) < 4.78 is 0. The van der Waals surface area contributed by atoms with E-state index in [2.05, 4.69) is 10.3 Å². The number of benzene rings is 1. The van der Waals surface area contributed by atoms with Crippen molar-refractivity contribution in [2.24, 2.45) is 5.41 Å². The van der Waals surface area contributed by atoms with Gasteiger partial charge in [-0.05, 0) is 42.9 Å². The Morgan fingerprint density at radius 3 is 2.84 bits per heavy atom. The first-order valence-electron chi connectivity index (χ1n) is 6.71. The van der Waals surface area contributed by atoms with Crippen molar-refractivity contribution in [3.8, 4) is 0 Å². The third kappa shape index (κ3) is 2.36. The SMILES string of the molecule is Nc1ccc(NCC2(CCO)CC2)c2cnccc12. The lowest BCUT2D eigenvalue weighted by atomic mass is 10.0. The molecule has 1 aliphatic rings. The third-order valence-electron chi connectivity index (χ3n) is 4.10. The van der Waals surface area contributed by atoms with Gasteiger partial charge in [0.05, 0.1) is 0 Å². The smallest absolute Gasteiger partial charge is 0.0437 e. The van der Waals surface area contributed by atoms with Gasteiger partial charge in [-0.3, -0.25) is 4.98 Å². The van der Waals surface area contributed by atoms with Crippen molar-refractivity contribution in [3.05, 3.63) is 30.6 Å². The average Bonchev–Trinajstić information content (AvgIpc) is 3.19. The molecule has 3 rings (SSSR count). The second kappa shape index (κ2) is 4.70. The molecule has 0 amide bonds. The van der Waals surface area contributed by atoms with Crippen LogP contribution in [0.1, 0.15) is 19.3 Å². The van der Waals surface area contributed by atoms with E-state index >= 15 is 0 Å². The molecule has 1 aromatic heterocycles. The van der Waals surface area contributed by atoms with E-state index in [-0.39, 0.29) is 6.61 Å². The zero-order valence-electron chi connectivity index (χ0n) is 10.9. The number of nitrogens with two attached hydrogens (primary N) is 1. The molecule has 100 valence electrons. The molecular formula is C15H19N3O. The topological polar surface area (TPSA) is 71.2 Å². The molecule has 0 atom stereocenters. The summed E-state index contributed by atoms with van der Waals surface area (Å²) in [6.45, 7) is 1.17. The van der Waals surface area contributed by atoms with E-state index < -0.39 is 0 Å². The van der Waals surface area contributed by atoms with Crippen LogP contribution in [0.25, 0.3) is 10.8 Å². The van der Waals surface area contributed by atoms with Gasteiger partial charge in [-0.2, -0.15) is 0 Å². The molecule has 1 aliphatic carbocycles. The molecular weight excluding hydrogens is 238 g/mol. The maximum Gasteiger partial charge on any atom is 0.0437 e. The quantitative estimate of drug-likeness (QED) is 0.719. The fourth-order valence-electron chi connectivity index (χ4n) is 2.58. The Kier molecular flexibility index (Phi) is 3.03. The normalized spacial score (nSPS) is 16.5. The molecule has 0 bridgehead atoms. The minimum Gasteiger partial charge on any atom is -0.398 e. The fraction of sp³-hybridized carbons (Fsp3) is 0.400. The molecule has 2 aromatic rings. The second-order valence-electron chi connectivity index (χ2n) is 5.45. The lowest BCUT2D eigenvalue weighted by Gasteiger charge is -2.17. The molecule has 4 nitrogen and oxygen atoms in total. The molecule has 0 spiro atoms. The Bertz CT molecular complexity index is 593. The molecule has 4 heteroatoms. The predicted octanol–water partition coefficient (Wildman–Crippen LogP) is 2.39. The summed E-state index contributed by atoms with van der Waals surface area (Å²) in [4.78, 5) is 4.18. The number of nitrogens with zero attached hydrogens (tertiary/aromatic N) is 1. The van der Waals surface area contributed by atoms with Crippen molar-refractivity contribution in [2.75, 3.05) is 24.2 Å². The van der Waals surface area contributed by atoms with Crippen molar-refractivity contribution in [1.29, 1.82) is 0 Å². The lowest BCUT2D eigenvalue weighted by Crippen LogP contribution is -2.17. The van der Waals surface area contributed by atoms with Crippen molar-refractivity contribution >= 4 is 22.1 Å². The number of aromatic nitrogens is 1. The van der Waals surface area contributed by atoms with Gasteiger partial charge < -0.3 is 16.2 Å². The minimum absolute atomic E-state index is 0.270. The Morgan fingerprint density at radius 1 is 1.26 bits per heavy atom. The predicted molar refractivity (Wildman–Crippen MR) is 78.0 cm³/mol. The zero-order valence-corrected chi connectivity index (χ0v) is 10.9. The second-order valence-corrected chi connectivity index (χ2v) is 5.45. The van der Waals surface area contributed by atoms with E-state index in [0.29, 0.717) is 5.41 Å². The van der Waals surface area contributed by atoms with Crippen LogP contribution in [0.4, 0.5) is 11.4 Å². The summed E-state index contributed by atoms with van der Waals surface area (Å²) in [5.41, 5.74) is 8.12. The van der Waals surface area contributed by atoms with Crippen LogP contribution in [0, 0.1) is 5.41 Å². The van der Waals surface area contributed by atoms with E-state index in [0.717, 1.165) is 35.1 Å². The first-order valence-corrected chi connectivity index (χ1v) is 6.71. The summed E-state index contributed by atoms with van der Waals surface area (Å²) in [6.07, 6.45) is 6.89. The van der Waals surface area contributed by atoms with Gasteiger partial charge in [0, 0.05) is 47.7 Å². The maximum atomic E-state index is 9.09. The molecule has 19 heavy (non-hydrogen) atoms. The van der Waals surface area contributed by atoms with Crippen LogP contribution in [0.15, 0.2) is 30.6 Å². The largest absolute Gasteiger partial charge is 0.398 e. The summed E-state index contributed by atoms with van der Waals surface area (Å²) >= 11 is 0. The zero-order chi connectivity index (χ0) is 13.3. The number of anilines is 2. The summed E-state index contributed by atoms with van der Waals surface area (Å²) in [5.74, 6) is 0. The Hall–Kier alpha value is -1.81. The van der Waals surface area contributed by atoms with Crippen molar-refractivity contribution in [3.63, 3.8) is 0 Å². The molecule has 0 aliphatic heterocycles. The van der Waals surface area contributed by atoms with Gasteiger partial charge in [-0.1, -0.05) is 0 Å². The van der Waals surface area contributed by atoms with E-state index in [1.165, 1.54) is 12.8 Å². The van der Waals surface area contributed by atoms with Crippen molar-refractivity contribution in [2.45, 2.75) is 19.3 Å². The summed E-state index contributed by atoms with van der Waals surface area (Å²) in [7, 11) is 0. The van der Waals surface area contributed by atoms with E-state index in [9.17, 15) is 0 Å². The number of hydrogen-bond donors (Lipinski definition) is 3. The highest BCUT2D eigenvalue weighted by Gasteiger charge is 2.41. The van der Waals surface area contributed by atoms with Gasteiger partial charge in [0.25, 0.3) is 0 Å². The average molecular weight is 257 g/mol. The van der Waals surface area contributed by atoms with Gasteiger partial charge >= 0.3 is 0 Å². The minimum atomic E-state index is 0.270. The van der Waals surface area contributed by atoms with E-state index in [1.807, 2.05) is 24.4 Å². The first kappa shape index (κ1) is 12.2.